The Morgan fingerprint density at radius 3 is 2.36 bits per heavy atom. The van der Waals surface area contributed by atoms with Gasteiger partial charge in [-0.3, -0.25) is 18.3 Å². The SMILES string of the molecule is Cc1c(C)n2c3c(=O)n(CCC(C)C)c(=O)n(C)c3nc2n1CCCl. The fraction of sp³-hybridized carbons (Fsp3) is 0.588. The first kappa shape index (κ1) is 17.8. The molecule has 8 heteroatoms. The smallest absolute Gasteiger partial charge is 0.313 e. The molecule has 0 saturated heterocycles. The van der Waals surface area contributed by atoms with Crippen molar-refractivity contribution in [1.29, 1.82) is 0 Å². The first-order chi connectivity index (χ1) is 11.8. The van der Waals surface area contributed by atoms with E-state index in [9.17, 15) is 9.59 Å². The molecule has 7 nitrogen and oxygen atoms in total. The molecule has 0 unspecified atom stereocenters. The van der Waals surface area contributed by atoms with Gasteiger partial charge in [-0.25, -0.2) is 4.79 Å². The average molecular weight is 366 g/mol. The van der Waals surface area contributed by atoms with Crippen molar-refractivity contribution >= 4 is 28.5 Å². The number of aryl methyl sites for hydroxylation is 3. The van der Waals surface area contributed by atoms with Crippen molar-refractivity contribution in [2.24, 2.45) is 13.0 Å². The molecule has 0 amide bonds. The minimum Gasteiger partial charge on any atom is -0.313 e. The minimum absolute atomic E-state index is 0.280. The Morgan fingerprint density at radius 2 is 1.76 bits per heavy atom. The van der Waals surface area contributed by atoms with Gasteiger partial charge in [0.15, 0.2) is 11.2 Å². The molecule has 0 aliphatic heterocycles. The number of imidazole rings is 2. The van der Waals surface area contributed by atoms with Crippen LogP contribution in [0.3, 0.4) is 0 Å². The molecular weight excluding hydrogens is 342 g/mol. The molecule has 0 fully saturated rings. The molecule has 0 N–H and O–H groups in total. The van der Waals surface area contributed by atoms with Crippen molar-refractivity contribution in [3.05, 3.63) is 32.2 Å². The van der Waals surface area contributed by atoms with Crippen LogP contribution in [0.1, 0.15) is 31.7 Å². The molecule has 3 aromatic heterocycles. The van der Waals surface area contributed by atoms with Crippen molar-refractivity contribution in [2.75, 3.05) is 5.88 Å². The zero-order valence-electron chi connectivity index (χ0n) is 15.3. The highest BCUT2D eigenvalue weighted by Gasteiger charge is 2.22. The van der Waals surface area contributed by atoms with Crippen molar-refractivity contribution in [3.63, 3.8) is 0 Å². The lowest BCUT2D eigenvalue weighted by atomic mass is 10.1. The van der Waals surface area contributed by atoms with Gasteiger partial charge in [0.2, 0.25) is 5.78 Å². The third kappa shape index (κ3) is 2.61. The van der Waals surface area contributed by atoms with Crippen molar-refractivity contribution in [1.82, 2.24) is 23.1 Å². The average Bonchev–Trinajstić information content (AvgIpc) is 3.05. The summed E-state index contributed by atoms with van der Waals surface area (Å²) in [5.41, 5.74) is 2.22. The zero-order chi connectivity index (χ0) is 18.5. The van der Waals surface area contributed by atoms with Gasteiger partial charge in [0.1, 0.15) is 0 Å². The molecule has 0 radical (unpaired) electrons. The van der Waals surface area contributed by atoms with E-state index in [0.29, 0.717) is 41.8 Å². The molecule has 0 atom stereocenters. The molecule has 136 valence electrons. The topological polar surface area (TPSA) is 66.2 Å². The van der Waals surface area contributed by atoms with Crippen LogP contribution in [0.4, 0.5) is 0 Å². The molecule has 3 heterocycles. The van der Waals surface area contributed by atoms with E-state index in [2.05, 4.69) is 18.8 Å². The lowest BCUT2D eigenvalue weighted by molar-refractivity contribution is 0.488. The molecule has 25 heavy (non-hydrogen) atoms. The van der Waals surface area contributed by atoms with Crippen LogP contribution in [0, 0.1) is 19.8 Å². The van der Waals surface area contributed by atoms with Crippen LogP contribution in [0.2, 0.25) is 0 Å². The fourth-order valence-corrected chi connectivity index (χ4v) is 3.42. The third-order valence-corrected chi connectivity index (χ3v) is 5.04. The second-order valence-electron chi connectivity index (χ2n) is 6.91. The van der Waals surface area contributed by atoms with E-state index in [1.165, 1.54) is 9.13 Å². The summed E-state index contributed by atoms with van der Waals surface area (Å²) in [7, 11) is 1.66. The summed E-state index contributed by atoms with van der Waals surface area (Å²) >= 11 is 5.92. The molecule has 0 spiro atoms. The Bertz CT molecular complexity index is 1070. The molecule has 0 aliphatic carbocycles. The van der Waals surface area contributed by atoms with Gasteiger partial charge >= 0.3 is 5.69 Å². The van der Waals surface area contributed by atoms with Crippen LogP contribution in [-0.4, -0.2) is 29.0 Å². The van der Waals surface area contributed by atoms with Crippen LogP contribution < -0.4 is 11.2 Å². The first-order valence-electron chi connectivity index (χ1n) is 8.53. The van der Waals surface area contributed by atoms with Gasteiger partial charge in [-0.1, -0.05) is 13.8 Å². The quantitative estimate of drug-likeness (QED) is 0.650. The summed E-state index contributed by atoms with van der Waals surface area (Å²) in [4.78, 5) is 30.3. The molecule has 3 aromatic rings. The van der Waals surface area contributed by atoms with E-state index in [-0.39, 0.29) is 11.2 Å². The lowest BCUT2D eigenvalue weighted by Gasteiger charge is -2.09. The van der Waals surface area contributed by atoms with E-state index in [0.717, 1.165) is 17.8 Å². The standard InChI is InChI=1S/C17H24ClN5O2/c1-10(2)6-8-22-15(24)13-14(20(5)17(22)25)19-16-21(9-7-18)11(3)12(4)23(13)16/h10H,6-9H2,1-5H3. The summed E-state index contributed by atoms with van der Waals surface area (Å²) < 4.78 is 6.63. The third-order valence-electron chi connectivity index (χ3n) is 4.87. The maximum Gasteiger partial charge on any atom is 0.332 e. The van der Waals surface area contributed by atoms with E-state index in [1.54, 1.807) is 7.05 Å². The fourth-order valence-electron chi connectivity index (χ4n) is 3.25. The van der Waals surface area contributed by atoms with Crippen LogP contribution in [-0.2, 0) is 20.1 Å². The molecule has 0 aliphatic rings. The zero-order valence-corrected chi connectivity index (χ0v) is 16.1. The van der Waals surface area contributed by atoms with Gasteiger partial charge in [0, 0.05) is 37.4 Å². The summed E-state index contributed by atoms with van der Waals surface area (Å²) in [5.74, 6) is 1.51. The summed E-state index contributed by atoms with van der Waals surface area (Å²) in [6.45, 7) is 9.10. The maximum absolute atomic E-state index is 13.1. The van der Waals surface area contributed by atoms with Crippen molar-refractivity contribution in [2.45, 2.75) is 47.2 Å². The Balaban J connectivity index is 2.41. The summed E-state index contributed by atoms with van der Waals surface area (Å²) in [6, 6.07) is 0. The second kappa shape index (κ2) is 6.37. The van der Waals surface area contributed by atoms with Gasteiger partial charge in [-0.15, -0.1) is 11.6 Å². The number of alkyl halides is 1. The van der Waals surface area contributed by atoms with E-state index in [1.807, 2.05) is 22.8 Å². The highest BCUT2D eigenvalue weighted by Crippen LogP contribution is 2.20. The van der Waals surface area contributed by atoms with Crippen LogP contribution in [0.15, 0.2) is 9.59 Å². The number of nitrogens with zero attached hydrogens (tertiary/aromatic N) is 5. The Labute approximate surface area is 150 Å². The van der Waals surface area contributed by atoms with Gasteiger partial charge < -0.3 is 4.57 Å². The number of fused-ring (bicyclic) bond motifs is 3. The number of halogens is 1. The van der Waals surface area contributed by atoms with Gasteiger partial charge in [-0.2, -0.15) is 4.98 Å². The lowest BCUT2D eigenvalue weighted by Crippen LogP contribution is -2.39. The molecule has 0 aromatic carbocycles. The number of hydrogen-bond acceptors (Lipinski definition) is 3. The second-order valence-corrected chi connectivity index (χ2v) is 7.29. The maximum atomic E-state index is 13.1. The summed E-state index contributed by atoms with van der Waals surface area (Å²) in [6.07, 6.45) is 0.772. The molecule has 0 saturated carbocycles. The highest BCUT2D eigenvalue weighted by atomic mass is 35.5. The van der Waals surface area contributed by atoms with Crippen LogP contribution >= 0.6 is 11.6 Å². The predicted octanol–water partition coefficient (Wildman–Crippen LogP) is 2.05. The van der Waals surface area contributed by atoms with Crippen LogP contribution in [0.5, 0.6) is 0 Å². The van der Waals surface area contributed by atoms with Gasteiger partial charge in [-0.05, 0) is 26.2 Å². The Kier molecular flexibility index (Phi) is 4.53. The minimum atomic E-state index is -0.322. The number of hydrogen-bond donors (Lipinski definition) is 0. The van der Waals surface area contributed by atoms with E-state index >= 15 is 0 Å². The largest absolute Gasteiger partial charge is 0.332 e. The number of aromatic nitrogens is 5. The molecule has 3 rings (SSSR count). The predicted molar refractivity (Wildman–Crippen MR) is 99.8 cm³/mol. The van der Waals surface area contributed by atoms with Crippen molar-refractivity contribution in [3.8, 4) is 0 Å². The van der Waals surface area contributed by atoms with Gasteiger partial charge in [0.05, 0.1) is 0 Å². The first-order valence-corrected chi connectivity index (χ1v) is 9.06. The Hall–Kier alpha value is -2.02. The normalized spacial score (nSPS) is 12.1. The highest BCUT2D eigenvalue weighted by molar-refractivity contribution is 6.17. The Morgan fingerprint density at radius 1 is 1.08 bits per heavy atom. The van der Waals surface area contributed by atoms with E-state index < -0.39 is 0 Å². The van der Waals surface area contributed by atoms with Crippen molar-refractivity contribution < 1.29 is 0 Å². The molecular formula is C17H24ClN5O2. The summed E-state index contributed by atoms with van der Waals surface area (Å²) in [5, 5.41) is 0. The number of rotatable bonds is 5. The van der Waals surface area contributed by atoms with Gasteiger partial charge in [0.25, 0.3) is 5.56 Å². The van der Waals surface area contributed by atoms with E-state index in [4.69, 9.17) is 11.6 Å². The van der Waals surface area contributed by atoms with Crippen LogP contribution in [0.25, 0.3) is 16.9 Å². The monoisotopic (exact) mass is 365 g/mol. The molecule has 0 bridgehead atoms.